The maximum absolute atomic E-state index is 12.0. The van der Waals surface area contributed by atoms with Crippen LogP contribution in [-0.2, 0) is 11.2 Å². The minimum absolute atomic E-state index is 0.0420. The van der Waals surface area contributed by atoms with Crippen molar-refractivity contribution >= 4 is 5.91 Å². The van der Waals surface area contributed by atoms with Crippen molar-refractivity contribution in [1.29, 1.82) is 0 Å². The fourth-order valence-electron chi connectivity index (χ4n) is 2.23. The Balaban J connectivity index is 1.82. The van der Waals surface area contributed by atoms with Gasteiger partial charge < -0.3 is 15.5 Å². The molecule has 2 atom stereocenters. The van der Waals surface area contributed by atoms with Crippen molar-refractivity contribution in [3.8, 4) is 5.75 Å². The van der Waals surface area contributed by atoms with Crippen molar-refractivity contribution in [1.82, 2.24) is 5.32 Å². The number of aliphatic hydroxyl groups is 1. The molecule has 2 rings (SSSR count). The molecule has 3 N–H and O–H groups in total. The predicted octanol–water partition coefficient (Wildman–Crippen LogP) is 2.56. The van der Waals surface area contributed by atoms with Gasteiger partial charge in [-0.25, -0.2) is 0 Å². The van der Waals surface area contributed by atoms with Gasteiger partial charge in [-0.3, -0.25) is 4.79 Å². The Morgan fingerprint density at radius 2 is 1.73 bits per heavy atom. The number of aliphatic hydroxyl groups excluding tert-OH is 1. The fraction of sp³-hybridized carbons (Fsp3) is 0.278. The Bertz CT molecular complexity index is 595. The molecule has 0 aromatic heterocycles. The molecule has 22 heavy (non-hydrogen) atoms. The van der Waals surface area contributed by atoms with E-state index in [4.69, 9.17) is 0 Å². The second kappa shape index (κ2) is 7.61. The zero-order valence-corrected chi connectivity index (χ0v) is 12.6. The quantitative estimate of drug-likeness (QED) is 0.768. The first-order valence-electron chi connectivity index (χ1n) is 7.37. The molecule has 116 valence electrons. The summed E-state index contributed by atoms with van der Waals surface area (Å²) in [7, 11) is 0. The summed E-state index contributed by atoms with van der Waals surface area (Å²) < 4.78 is 0. The normalized spacial score (nSPS) is 13.4. The van der Waals surface area contributed by atoms with Crippen molar-refractivity contribution < 1.29 is 15.0 Å². The van der Waals surface area contributed by atoms with E-state index in [2.05, 4.69) is 5.32 Å². The van der Waals surface area contributed by atoms with Crippen LogP contribution < -0.4 is 5.32 Å². The largest absolute Gasteiger partial charge is 0.508 e. The average Bonchev–Trinajstić information content (AvgIpc) is 2.54. The molecule has 2 unspecified atom stereocenters. The van der Waals surface area contributed by atoms with Crippen molar-refractivity contribution in [3.63, 3.8) is 0 Å². The smallest absolute Gasteiger partial charge is 0.253 e. The van der Waals surface area contributed by atoms with Crippen molar-refractivity contribution in [2.75, 3.05) is 0 Å². The Morgan fingerprint density at radius 1 is 1.09 bits per heavy atom. The molecule has 2 aromatic carbocycles. The van der Waals surface area contributed by atoms with Crippen LogP contribution in [-0.4, -0.2) is 22.2 Å². The number of hydrogen-bond acceptors (Lipinski definition) is 3. The van der Waals surface area contributed by atoms with Gasteiger partial charge in [0.2, 0.25) is 0 Å². The number of carbonyl (C=O) groups is 1. The van der Waals surface area contributed by atoms with Crippen LogP contribution in [0.2, 0.25) is 0 Å². The lowest BCUT2D eigenvalue weighted by Crippen LogP contribution is -2.36. The third kappa shape index (κ3) is 4.60. The molecule has 0 bridgehead atoms. The molecule has 0 aliphatic heterocycles. The number of nitrogens with one attached hydrogen (secondary N) is 1. The Morgan fingerprint density at radius 3 is 2.36 bits per heavy atom. The molecule has 1 amide bonds. The number of carbonyl (C=O) groups excluding carboxylic acids is 1. The van der Waals surface area contributed by atoms with Gasteiger partial charge in [0.25, 0.3) is 5.91 Å². The van der Waals surface area contributed by atoms with Gasteiger partial charge >= 0.3 is 0 Å². The Kier molecular flexibility index (Phi) is 5.55. The number of aryl methyl sites for hydroxylation is 1. The van der Waals surface area contributed by atoms with Gasteiger partial charge in [-0.05, 0) is 43.0 Å². The molecule has 0 fully saturated rings. The van der Waals surface area contributed by atoms with Crippen LogP contribution in [0, 0.1) is 0 Å². The molecule has 0 radical (unpaired) electrons. The highest BCUT2D eigenvalue weighted by Gasteiger charge is 2.18. The van der Waals surface area contributed by atoms with Gasteiger partial charge in [0.15, 0.2) is 6.10 Å². The van der Waals surface area contributed by atoms with Crippen LogP contribution in [0.1, 0.15) is 30.6 Å². The molecule has 4 nitrogen and oxygen atoms in total. The predicted molar refractivity (Wildman–Crippen MR) is 85.4 cm³/mol. The third-order valence-corrected chi connectivity index (χ3v) is 3.55. The molecule has 0 spiro atoms. The number of phenols is 1. The summed E-state index contributed by atoms with van der Waals surface area (Å²) in [4.78, 5) is 12.0. The highest BCUT2D eigenvalue weighted by molar-refractivity contribution is 5.82. The van der Waals surface area contributed by atoms with Crippen LogP contribution in [0.5, 0.6) is 5.75 Å². The molecular formula is C18H21NO3. The molecular weight excluding hydrogens is 278 g/mol. The average molecular weight is 299 g/mol. The highest BCUT2D eigenvalue weighted by Crippen LogP contribution is 2.14. The molecule has 2 aromatic rings. The highest BCUT2D eigenvalue weighted by atomic mass is 16.3. The van der Waals surface area contributed by atoms with Crippen LogP contribution in [0.4, 0.5) is 0 Å². The minimum atomic E-state index is -1.14. The van der Waals surface area contributed by atoms with Gasteiger partial charge in [-0.1, -0.05) is 42.5 Å². The number of aromatic hydroxyl groups is 1. The number of benzene rings is 2. The summed E-state index contributed by atoms with van der Waals surface area (Å²) in [5.41, 5.74) is 1.69. The van der Waals surface area contributed by atoms with Gasteiger partial charge in [-0.15, -0.1) is 0 Å². The topological polar surface area (TPSA) is 69.6 Å². The van der Waals surface area contributed by atoms with E-state index >= 15 is 0 Å². The second-order valence-electron chi connectivity index (χ2n) is 5.43. The van der Waals surface area contributed by atoms with Gasteiger partial charge in [0.1, 0.15) is 5.75 Å². The van der Waals surface area contributed by atoms with E-state index < -0.39 is 6.10 Å². The van der Waals surface area contributed by atoms with E-state index in [0.717, 1.165) is 18.4 Å². The van der Waals surface area contributed by atoms with Crippen LogP contribution in [0.3, 0.4) is 0 Å². The lowest BCUT2D eigenvalue weighted by molar-refractivity contribution is -0.130. The monoisotopic (exact) mass is 299 g/mol. The molecule has 4 heteroatoms. The SMILES string of the molecule is CC(CCc1ccc(O)cc1)NC(=O)C(O)c1ccccc1. The number of phenolic OH excluding ortho intramolecular Hbond substituents is 1. The maximum atomic E-state index is 12.0. The van der Waals surface area contributed by atoms with E-state index in [9.17, 15) is 15.0 Å². The molecule has 0 saturated carbocycles. The van der Waals surface area contributed by atoms with E-state index in [1.54, 1.807) is 36.4 Å². The number of amides is 1. The Labute approximate surface area is 130 Å². The van der Waals surface area contributed by atoms with E-state index in [-0.39, 0.29) is 17.7 Å². The van der Waals surface area contributed by atoms with E-state index in [1.807, 2.05) is 25.1 Å². The molecule has 0 aliphatic rings. The first kappa shape index (κ1) is 16.0. The maximum Gasteiger partial charge on any atom is 0.253 e. The van der Waals surface area contributed by atoms with Gasteiger partial charge in [-0.2, -0.15) is 0 Å². The first-order chi connectivity index (χ1) is 10.6. The lowest BCUT2D eigenvalue weighted by Gasteiger charge is -2.17. The Hall–Kier alpha value is -2.33. The van der Waals surface area contributed by atoms with Crippen molar-refractivity contribution in [3.05, 3.63) is 65.7 Å². The first-order valence-corrected chi connectivity index (χ1v) is 7.37. The molecule has 0 aliphatic carbocycles. The summed E-state index contributed by atoms with van der Waals surface area (Å²) in [5.74, 6) is -0.138. The van der Waals surface area contributed by atoms with Crippen molar-refractivity contribution in [2.24, 2.45) is 0 Å². The van der Waals surface area contributed by atoms with Gasteiger partial charge in [0.05, 0.1) is 0 Å². The van der Waals surface area contributed by atoms with Gasteiger partial charge in [0, 0.05) is 6.04 Å². The van der Waals surface area contributed by atoms with E-state index in [0.29, 0.717) is 5.56 Å². The second-order valence-corrected chi connectivity index (χ2v) is 5.43. The zero-order valence-electron chi connectivity index (χ0n) is 12.6. The minimum Gasteiger partial charge on any atom is -0.508 e. The summed E-state index contributed by atoms with van der Waals surface area (Å²) in [5, 5.41) is 22.1. The summed E-state index contributed by atoms with van der Waals surface area (Å²) >= 11 is 0. The fourth-order valence-corrected chi connectivity index (χ4v) is 2.23. The van der Waals surface area contributed by atoms with Crippen LogP contribution in [0.25, 0.3) is 0 Å². The van der Waals surface area contributed by atoms with Crippen LogP contribution in [0.15, 0.2) is 54.6 Å². The lowest BCUT2D eigenvalue weighted by atomic mass is 10.0. The standard InChI is InChI=1S/C18H21NO3/c1-13(7-8-14-9-11-16(20)12-10-14)19-18(22)17(21)15-5-3-2-4-6-15/h2-6,9-13,17,20-21H,7-8H2,1H3,(H,19,22). The molecule has 0 saturated heterocycles. The number of hydrogen-bond donors (Lipinski definition) is 3. The summed E-state index contributed by atoms with van der Waals surface area (Å²) in [6.45, 7) is 1.91. The van der Waals surface area contributed by atoms with E-state index in [1.165, 1.54) is 0 Å². The van der Waals surface area contributed by atoms with Crippen LogP contribution >= 0.6 is 0 Å². The third-order valence-electron chi connectivity index (χ3n) is 3.55. The summed E-state index contributed by atoms with van der Waals surface area (Å²) in [6, 6.07) is 15.9. The molecule has 0 heterocycles. The summed E-state index contributed by atoms with van der Waals surface area (Å²) in [6.07, 6.45) is 0.415. The zero-order chi connectivity index (χ0) is 15.9. The van der Waals surface area contributed by atoms with Crippen molar-refractivity contribution in [2.45, 2.75) is 31.9 Å². The number of rotatable bonds is 6.